The lowest BCUT2D eigenvalue weighted by molar-refractivity contribution is 0.355. The number of hydrogen-bond acceptors (Lipinski definition) is 5. The molecule has 2 rings (SSSR count). The van der Waals surface area contributed by atoms with Crippen LogP contribution in [0.5, 0.6) is 0 Å². The Morgan fingerprint density at radius 2 is 2.00 bits per heavy atom. The highest BCUT2D eigenvalue weighted by Gasteiger charge is 2.26. The van der Waals surface area contributed by atoms with E-state index in [1.54, 1.807) is 0 Å². The van der Waals surface area contributed by atoms with Crippen LogP contribution in [-0.2, 0) is 9.84 Å². The molecule has 0 unspecified atom stereocenters. The second-order valence-electron chi connectivity index (χ2n) is 5.75. The van der Waals surface area contributed by atoms with Crippen molar-refractivity contribution in [3.8, 4) is 0 Å². The number of guanidine groups is 1. The van der Waals surface area contributed by atoms with Gasteiger partial charge in [0.25, 0.3) is 0 Å². The summed E-state index contributed by atoms with van der Waals surface area (Å²) in [6.45, 7) is 6.07. The SMILES string of the molecule is CC1(C)CN=C(NC2CCS(=O)(=O)CC2)NC1. The maximum Gasteiger partial charge on any atom is 0.191 e. The molecule has 0 spiro atoms. The van der Waals surface area contributed by atoms with E-state index in [4.69, 9.17) is 0 Å². The van der Waals surface area contributed by atoms with Crippen molar-refractivity contribution in [1.82, 2.24) is 10.6 Å². The molecule has 0 atom stereocenters. The lowest BCUT2D eigenvalue weighted by Gasteiger charge is -2.32. The molecule has 6 heteroatoms. The highest BCUT2D eigenvalue weighted by molar-refractivity contribution is 7.91. The smallest absolute Gasteiger partial charge is 0.191 e. The first-order chi connectivity index (χ1) is 7.86. The molecule has 0 aliphatic carbocycles. The Morgan fingerprint density at radius 3 is 2.53 bits per heavy atom. The first kappa shape index (κ1) is 12.7. The van der Waals surface area contributed by atoms with Gasteiger partial charge in [-0.05, 0) is 12.8 Å². The molecule has 0 radical (unpaired) electrons. The van der Waals surface area contributed by atoms with Gasteiger partial charge in [0.1, 0.15) is 9.84 Å². The number of hydrogen-bond donors (Lipinski definition) is 2. The Bertz CT molecular complexity index is 400. The molecule has 1 saturated heterocycles. The first-order valence-electron chi connectivity index (χ1n) is 6.12. The summed E-state index contributed by atoms with van der Waals surface area (Å²) in [4.78, 5) is 4.46. The van der Waals surface area contributed by atoms with Crippen LogP contribution in [0.25, 0.3) is 0 Å². The van der Waals surface area contributed by atoms with Crippen LogP contribution in [0.2, 0.25) is 0 Å². The summed E-state index contributed by atoms with van der Waals surface area (Å²) in [5.74, 6) is 1.42. The fourth-order valence-electron chi connectivity index (χ4n) is 2.05. The van der Waals surface area contributed by atoms with E-state index in [0.29, 0.717) is 24.3 Å². The van der Waals surface area contributed by atoms with E-state index >= 15 is 0 Å². The monoisotopic (exact) mass is 259 g/mol. The minimum atomic E-state index is -2.78. The predicted molar refractivity (Wildman–Crippen MR) is 68.9 cm³/mol. The molecule has 0 aromatic carbocycles. The van der Waals surface area contributed by atoms with Crippen molar-refractivity contribution in [2.24, 2.45) is 10.4 Å². The minimum Gasteiger partial charge on any atom is -0.356 e. The van der Waals surface area contributed by atoms with Crippen LogP contribution in [0.3, 0.4) is 0 Å². The molecular weight excluding hydrogens is 238 g/mol. The number of aliphatic imine (C=N–C) groups is 1. The summed E-state index contributed by atoms with van der Waals surface area (Å²) in [6.07, 6.45) is 1.37. The molecule has 0 aromatic rings. The van der Waals surface area contributed by atoms with Crippen LogP contribution in [0.15, 0.2) is 4.99 Å². The van der Waals surface area contributed by atoms with E-state index in [1.165, 1.54) is 0 Å². The molecular formula is C11H21N3O2S. The first-order valence-corrected chi connectivity index (χ1v) is 7.94. The Hall–Kier alpha value is -0.780. The normalized spacial score (nSPS) is 28.0. The third-order valence-corrected chi connectivity index (χ3v) is 5.01. The highest BCUT2D eigenvalue weighted by atomic mass is 32.2. The molecule has 0 bridgehead atoms. The molecule has 2 N–H and O–H groups in total. The Kier molecular flexibility index (Phi) is 3.34. The summed E-state index contributed by atoms with van der Waals surface area (Å²) in [5, 5.41) is 6.57. The van der Waals surface area contributed by atoms with Crippen LogP contribution < -0.4 is 10.6 Å². The zero-order valence-corrected chi connectivity index (χ0v) is 11.3. The third kappa shape index (κ3) is 3.59. The van der Waals surface area contributed by atoms with Gasteiger partial charge in [-0.15, -0.1) is 0 Å². The molecule has 0 amide bonds. The average Bonchev–Trinajstić information content (AvgIpc) is 2.24. The lowest BCUT2D eigenvalue weighted by Crippen LogP contribution is -2.51. The highest BCUT2D eigenvalue weighted by Crippen LogP contribution is 2.17. The predicted octanol–water partition coefficient (Wildman–Crippen LogP) is 0.139. The number of nitrogens with zero attached hydrogens (tertiary/aromatic N) is 1. The summed E-state index contributed by atoms with van der Waals surface area (Å²) in [6, 6.07) is 0.242. The summed E-state index contributed by atoms with van der Waals surface area (Å²) >= 11 is 0. The molecule has 0 saturated carbocycles. The van der Waals surface area contributed by atoms with Gasteiger partial charge in [-0.1, -0.05) is 13.8 Å². The fourth-order valence-corrected chi connectivity index (χ4v) is 3.54. The van der Waals surface area contributed by atoms with Crippen molar-refractivity contribution >= 4 is 15.8 Å². The van der Waals surface area contributed by atoms with E-state index in [1.807, 2.05) is 0 Å². The zero-order chi connectivity index (χ0) is 12.5. The second-order valence-corrected chi connectivity index (χ2v) is 8.06. The fraction of sp³-hybridized carbons (Fsp3) is 0.909. The van der Waals surface area contributed by atoms with Gasteiger partial charge in [0.15, 0.2) is 5.96 Å². The topological polar surface area (TPSA) is 70.6 Å². The van der Waals surface area contributed by atoms with Crippen LogP contribution in [0.4, 0.5) is 0 Å². The number of rotatable bonds is 1. The zero-order valence-electron chi connectivity index (χ0n) is 10.5. The maximum atomic E-state index is 11.3. The van der Waals surface area contributed by atoms with Crippen molar-refractivity contribution in [2.45, 2.75) is 32.7 Å². The maximum absolute atomic E-state index is 11.3. The lowest BCUT2D eigenvalue weighted by atomic mass is 9.93. The number of nitrogens with one attached hydrogen (secondary N) is 2. The average molecular weight is 259 g/mol. The van der Waals surface area contributed by atoms with E-state index in [0.717, 1.165) is 19.0 Å². The van der Waals surface area contributed by atoms with E-state index < -0.39 is 9.84 Å². The molecule has 2 aliphatic rings. The van der Waals surface area contributed by atoms with Crippen molar-refractivity contribution in [2.75, 3.05) is 24.6 Å². The molecule has 1 fully saturated rings. The van der Waals surface area contributed by atoms with Gasteiger partial charge in [-0.3, -0.25) is 4.99 Å². The Morgan fingerprint density at radius 1 is 1.35 bits per heavy atom. The molecule has 2 heterocycles. The van der Waals surface area contributed by atoms with E-state index in [-0.39, 0.29) is 11.5 Å². The van der Waals surface area contributed by atoms with Crippen LogP contribution >= 0.6 is 0 Å². The molecule has 98 valence electrons. The summed E-state index contributed by atoms with van der Waals surface area (Å²) in [5.41, 5.74) is 0.209. The van der Waals surface area contributed by atoms with Gasteiger partial charge in [0, 0.05) is 24.5 Å². The van der Waals surface area contributed by atoms with E-state index in [9.17, 15) is 8.42 Å². The van der Waals surface area contributed by atoms with Gasteiger partial charge in [-0.2, -0.15) is 0 Å². The van der Waals surface area contributed by atoms with Crippen LogP contribution in [0, 0.1) is 5.41 Å². The van der Waals surface area contributed by atoms with Crippen molar-refractivity contribution in [3.05, 3.63) is 0 Å². The van der Waals surface area contributed by atoms with Crippen molar-refractivity contribution in [1.29, 1.82) is 0 Å². The van der Waals surface area contributed by atoms with Crippen molar-refractivity contribution in [3.63, 3.8) is 0 Å². The quantitative estimate of drug-likeness (QED) is 0.702. The van der Waals surface area contributed by atoms with Gasteiger partial charge in [0.05, 0.1) is 11.5 Å². The van der Waals surface area contributed by atoms with Gasteiger partial charge < -0.3 is 10.6 Å². The van der Waals surface area contributed by atoms with Crippen LogP contribution in [-0.4, -0.2) is 45.0 Å². The largest absolute Gasteiger partial charge is 0.356 e. The second kappa shape index (κ2) is 4.48. The Labute approximate surface area is 103 Å². The van der Waals surface area contributed by atoms with Gasteiger partial charge >= 0.3 is 0 Å². The summed E-state index contributed by atoms with van der Waals surface area (Å²) < 4.78 is 22.6. The van der Waals surface area contributed by atoms with Crippen LogP contribution in [0.1, 0.15) is 26.7 Å². The van der Waals surface area contributed by atoms with Gasteiger partial charge in [0.2, 0.25) is 0 Å². The molecule has 17 heavy (non-hydrogen) atoms. The van der Waals surface area contributed by atoms with Crippen molar-refractivity contribution < 1.29 is 8.42 Å². The third-order valence-electron chi connectivity index (χ3n) is 3.30. The molecule has 2 aliphatic heterocycles. The summed E-state index contributed by atoms with van der Waals surface area (Å²) in [7, 11) is -2.78. The minimum absolute atomic E-state index is 0.209. The molecule has 5 nitrogen and oxygen atoms in total. The van der Waals surface area contributed by atoms with E-state index in [2.05, 4.69) is 29.5 Å². The Balaban J connectivity index is 1.85. The van der Waals surface area contributed by atoms with Gasteiger partial charge in [-0.25, -0.2) is 8.42 Å². The number of sulfone groups is 1. The molecule has 0 aromatic heterocycles. The standard InChI is InChI=1S/C11H21N3O2S/c1-11(2)7-12-10(13-8-11)14-9-3-5-17(15,16)6-4-9/h9H,3-8H2,1-2H3,(H2,12,13,14).